The first-order chi connectivity index (χ1) is 10.1. The fourth-order valence-corrected chi connectivity index (χ4v) is 3.13. The number of pyridine rings is 1. The zero-order valence-corrected chi connectivity index (χ0v) is 12.6. The molecule has 1 aliphatic rings. The average molecular weight is 283 g/mol. The van der Waals surface area contributed by atoms with Crippen LogP contribution in [0.1, 0.15) is 49.3 Å². The van der Waals surface area contributed by atoms with Gasteiger partial charge in [-0.3, -0.25) is 4.98 Å². The molecule has 0 bridgehead atoms. The molecule has 0 radical (unpaired) electrons. The maximum Gasteiger partial charge on any atom is 0.123 e. The Morgan fingerprint density at radius 2 is 1.57 bits per heavy atom. The number of aromatic hydroxyl groups is 2. The van der Waals surface area contributed by atoms with Gasteiger partial charge in [0, 0.05) is 17.3 Å². The number of nitrogens with zero attached hydrogens (tertiary/aromatic N) is 1. The Balaban J connectivity index is 2.05. The van der Waals surface area contributed by atoms with Gasteiger partial charge < -0.3 is 10.2 Å². The SMILES string of the molecule is CC(C)c1c(O)cc(-c2cc3c(cn2)CCCC3)cc1O. The van der Waals surface area contributed by atoms with E-state index in [1.807, 2.05) is 20.0 Å². The monoisotopic (exact) mass is 283 g/mol. The summed E-state index contributed by atoms with van der Waals surface area (Å²) in [5.41, 5.74) is 4.85. The Bertz CT molecular complexity index is 654. The lowest BCUT2D eigenvalue weighted by molar-refractivity contribution is 0.434. The molecule has 0 atom stereocenters. The summed E-state index contributed by atoms with van der Waals surface area (Å²) in [6, 6.07) is 5.50. The molecule has 1 aliphatic carbocycles. The molecular formula is C18H21NO2. The average Bonchev–Trinajstić information content (AvgIpc) is 2.45. The molecule has 3 nitrogen and oxygen atoms in total. The van der Waals surface area contributed by atoms with E-state index in [0.29, 0.717) is 5.56 Å². The molecule has 1 aromatic carbocycles. The first kappa shape index (κ1) is 13.9. The topological polar surface area (TPSA) is 53.4 Å². The first-order valence-corrected chi connectivity index (χ1v) is 7.60. The van der Waals surface area contributed by atoms with Gasteiger partial charge in [-0.1, -0.05) is 13.8 Å². The third-order valence-corrected chi connectivity index (χ3v) is 4.23. The van der Waals surface area contributed by atoms with E-state index in [1.54, 1.807) is 12.1 Å². The molecular weight excluding hydrogens is 262 g/mol. The standard InChI is InChI=1S/C18H21NO2/c1-11(2)18-16(20)8-14(9-17(18)21)15-7-12-5-3-4-6-13(12)10-19-15/h7-11,20-21H,3-6H2,1-2H3. The van der Waals surface area contributed by atoms with Crippen LogP contribution in [0.5, 0.6) is 11.5 Å². The number of hydrogen-bond acceptors (Lipinski definition) is 3. The second kappa shape index (κ2) is 5.40. The van der Waals surface area contributed by atoms with Crippen LogP contribution in [-0.4, -0.2) is 15.2 Å². The summed E-state index contributed by atoms with van der Waals surface area (Å²) in [7, 11) is 0. The summed E-state index contributed by atoms with van der Waals surface area (Å²) in [6.45, 7) is 3.90. The van der Waals surface area contributed by atoms with Gasteiger partial charge in [-0.15, -0.1) is 0 Å². The Morgan fingerprint density at radius 1 is 0.952 bits per heavy atom. The number of phenolic OH excluding ortho intramolecular Hbond substituents is 2. The van der Waals surface area contributed by atoms with Crippen LogP contribution < -0.4 is 0 Å². The molecule has 1 aromatic heterocycles. The predicted octanol–water partition coefficient (Wildman–Crippen LogP) is 4.16. The first-order valence-electron chi connectivity index (χ1n) is 7.60. The fourth-order valence-electron chi connectivity index (χ4n) is 3.13. The molecule has 1 heterocycles. The van der Waals surface area contributed by atoms with Crippen LogP contribution in [0.15, 0.2) is 24.4 Å². The number of aromatic nitrogens is 1. The van der Waals surface area contributed by atoms with Gasteiger partial charge in [-0.25, -0.2) is 0 Å². The fraction of sp³-hybridized carbons (Fsp3) is 0.389. The highest BCUT2D eigenvalue weighted by atomic mass is 16.3. The van der Waals surface area contributed by atoms with Crippen molar-refractivity contribution in [1.29, 1.82) is 0 Å². The predicted molar refractivity (Wildman–Crippen MR) is 83.7 cm³/mol. The van der Waals surface area contributed by atoms with Gasteiger partial charge in [0.2, 0.25) is 0 Å². The summed E-state index contributed by atoms with van der Waals surface area (Å²) in [6.07, 6.45) is 6.59. The molecule has 0 unspecified atom stereocenters. The molecule has 2 N–H and O–H groups in total. The number of fused-ring (bicyclic) bond motifs is 1. The van der Waals surface area contributed by atoms with Gasteiger partial charge >= 0.3 is 0 Å². The van der Waals surface area contributed by atoms with Crippen molar-refractivity contribution in [1.82, 2.24) is 4.98 Å². The van der Waals surface area contributed by atoms with Crippen LogP contribution in [-0.2, 0) is 12.8 Å². The summed E-state index contributed by atoms with van der Waals surface area (Å²) >= 11 is 0. The molecule has 0 spiro atoms. The zero-order valence-electron chi connectivity index (χ0n) is 12.6. The summed E-state index contributed by atoms with van der Waals surface area (Å²) in [4.78, 5) is 4.50. The van der Waals surface area contributed by atoms with Crippen molar-refractivity contribution in [3.63, 3.8) is 0 Å². The summed E-state index contributed by atoms with van der Waals surface area (Å²) in [5.74, 6) is 0.356. The highest BCUT2D eigenvalue weighted by Crippen LogP contribution is 2.38. The van der Waals surface area contributed by atoms with Crippen LogP contribution in [0.25, 0.3) is 11.3 Å². The Kier molecular flexibility index (Phi) is 3.58. The Morgan fingerprint density at radius 3 is 2.19 bits per heavy atom. The van der Waals surface area contributed by atoms with E-state index in [4.69, 9.17) is 0 Å². The van der Waals surface area contributed by atoms with E-state index in [9.17, 15) is 10.2 Å². The van der Waals surface area contributed by atoms with Crippen molar-refractivity contribution >= 4 is 0 Å². The number of rotatable bonds is 2. The van der Waals surface area contributed by atoms with Crippen LogP contribution in [0.3, 0.4) is 0 Å². The third-order valence-electron chi connectivity index (χ3n) is 4.23. The van der Waals surface area contributed by atoms with Crippen LogP contribution in [0.4, 0.5) is 0 Å². The molecule has 2 aromatic rings. The van der Waals surface area contributed by atoms with Crippen molar-refractivity contribution in [2.75, 3.05) is 0 Å². The number of hydrogen-bond donors (Lipinski definition) is 2. The van der Waals surface area contributed by atoms with E-state index in [2.05, 4.69) is 11.1 Å². The van der Waals surface area contributed by atoms with Gasteiger partial charge in [-0.2, -0.15) is 0 Å². The Hall–Kier alpha value is -2.03. The molecule has 0 saturated heterocycles. The van der Waals surface area contributed by atoms with Gasteiger partial charge in [0.05, 0.1) is 5.69 Å². The van der Waals surface area contributed by atoms with E-state index >= 15 is 0 Å². The van der Waals surface area contributed by atoms with E-state index in [1.165, 1.54) is 24.0 Å². The second-order valence-corrected chi connectivity index (χ2v) is 6.13. The highest BCUT2D eigenvalue weighted by molar-refractivity contribution is 5.67. The van der Waals surface area contributed by atoms with Gasteiger partial charge in [0.15, 0.2) is 0 Å². The van der Waals surface area contributed by atoms with Gasteiger partial charge in [0.1, 0.15) is 11.5 Å². The van der Waals surface area contributed by atoms with Crippen LogP contribution in [0.2, 0.25) is 0 Å². The number of benzene rings is 1. The Labute approximate surface area is 125 Å². The zero-order chi connectivity index (χ0) is 15.0. The molecule has 3 heteroatoms. The minimum Gasteiger partial charge on any atom is -0.507 e. The van der Waals surface area contributed by atoms with Crippen molar-refractivity contribution in [3.05, 3.63) is 41.1 Å². The molecule has 0 fully saturated rings. The molecule has 0 amide bonds. The molecule has 3 rings (SSSR count). The molecule has 0 saturated carbocycles. The normalized spacial score (nSPS) is 14.2. The van der Waals surface area contributed by atoms with Gasteiger partial charge in [0.25, 0.3) is 0 Å². The van der Waals surface area contributed by atoms with Gasteiger partial charge in [-0.05, 0) is 60.9 Å². The van der Waals surface area contributed by atoms with E-state index in [0.717, 1.165) is 24.1 Å². The maximum absolute atomic E-state index is 10.2. The van der Waals surface area contributed by atoms with E-state index < -0.39 is 0 Å². The smallest absolute Gasteiger partial charge is 0.123 e. The second-order valence-electron chi connectivity index (χ2n) is 6.13. The number of aryl methyl sites for hydroxylation is 2. The van der Waals surface area contributed by atoms with Crippen molar-refractivity contribution in [2.24, 2.45) is 0 Å². The minimum absolute atomic E-state index is 0.0792. The number of phenols is 2. The van der Waals surface area contributed by atoms with Crippen molar-refractivity contribution in [3.8, 4) is 22.8 Å². The lowest BCUT2D eigenvalue weighted by Gasteiger charge is -2.17. The third kappa shape index (κ3) is 2.60. The summed E-state index contributed by atoms with van der Waals surface area (Å²) < 4.78 is 0. The molecule has 110 valence electrons. The molecule has 0 aliphatic heterocycles. The van der Waals surface area contributed by atoms with Crippen LogP contribution >= 0.6 is 0 Å². The lowest BCUT2D eigenvalue weighted by Crippen LogP contribution is -2.03. The van der Waals surface area contributed by atoms with Crippen molar-refractivity contribution in [2.45, 2.75) is 45.4 Å². The van der Waals surface area contributed by atoms with Crippen molar-refractivity contribution < 1.29 is 10.2 Å². The summed E-state index contributed by atoms with van der Waals surface area (Å²) in [5, 5.41) is 20.3. The maximum atomic E-state index is 10.2. The largest absolute Gasteiger partial charge is 0.507 e. The molecule has 21 heavy (non-hydrogen) atoms. The quantitative estimate of drug-likeness (QED) is 0.870. The van der Waals surface area contributed by atoms with E-state index in [-0.39, 0.29) is 17.4 Å². The lowest BCUT2D eigenvalue weighted by atomic mass is 9.91. The van der Waals surface area contributed by atoms with Crippen LogP contribution in [0, 0.1) is 0 Å². The highest BCUT2D eigenvalue weighted by Gasteiger charge is 2.16. The minimum atomic E-state index is 0.0792.